The van der Waals surface area contributed by atoms with Crippen LogP contribution in [-0.4, -0.2) is 91.7 Å². The van der Waals surface area contributed by atoms with Gasteiger partial charge in [-0.15, -0.1) is 0 Å². The van der Waals surface area contributed by atoms with E-state index >= 15 is 0 Å². The van der Waals surface area contributed by atoms with Crippen molar-refractivity contribution >= 4 is 36.4 Å². The first-order valence-electron chi connectivity index (χ1n) is 18.6. The lowest BCUT2D eigenvalue weighted by molar-refractivity contribution is -0.132. The summed E-state index contributed by atoms with van der Waals surface area (Å²) in [5, 5.41) is 22.2. The standard InChI is InChI=1S/C35H67N3O6.2CH2O2/c1-6-7-8-9-10-11-12-13-14-15-16-17-18-19-20-22-32(40)36-24-21-23-33(41)38-35(4,5)34(42)37-25-26-43-27-28-44-29-31(39)30(2)3;2*2-1-3/h30H,6-29H2,1-5H3,(H,36,40)(H,37,42)(H,38,41);2*1H,(H,2,3). The Hall–Kier alpha value is -3.06. The zero-order valence-electron chi connectivity index (χ0n) is 31.9. The fourth-order valence-electron chi connectivity index (χ4n) is 4.71. The average molecular weight is 718 g/mol. The van der Waals surface area contributed by atoms with E-state index in [1.54, 1.807) is 13.8 Å². The van der Waals surface area contributed by atoms with E-state index in [-0.39, 0.29) is 55.4 Å². The van der Waals surface area contributed by atoms with Crippen molar-refractivity contribution in [3.8, 4) is 0 Å². The Kier molecular flexibility index (Phi) is 39.8. The molecule has 0 heterocycles. The topological polar surface area (TPSA) is 197 Å². The maximum atomic E-state index is 12.5. The molecular weight excluding hydrogens is 646 g/mol. The maximum Gasteiger partial charge on any atom is 0.290 e. The summed E-state index contributed by atoms with van der Waals surface area (Å²) in [6.45, 7) is 10.5. The SMILES string of the molecule is CCCCCCCCCCCCCCCCCC(=O)NCCCC(=O)NC(C)(C)C(=O)NCCOCCOCC(=O)C(C)C.O=CO.O=CO. The molecule has 50 heavy (non-hydrogen) atoms. The summed E-state index contributed by atoms with van der Waals surface area (Å²) in [5.41, 5.74) is -1.06. The third-order valence-corrected chi connectivity index (χ3v) is 7.72. The monoisotopic (exact) mass is 718 g/mol. The van der Waals surface area contributed by atoms with Crippen molar-refractivity contribution < 1.29 is 48.5 Å². The van der Waals surface area contributed by atoms with Crippen molar-refractivity contribution in [2.24, 2.45) is 5.92 Å². The molecule has 0 rings (SSSR count). The Morgan fingerprint density at radius 3 is 1.54 bits per heavy atom. The molecule has 0 aromatic rings. The number of unbranched alkanes of at least 4 members (excludes halogenated alkanes) is 14. The first kappa shape index (κ1) is 51.3. The lowest BCUT2D eigenvalue weighted by Gasteiger charge is -2.25. The molecule has 0 radical (unpaired) electrons. The summed E-state index contributed by atoms with van der Waals surface area (Å²) >= 11 is 0. The van der Waals surface area contributed by atoms with Gasteiger partial charge in [-0.25, -0.2) is 0 Å². The van der Waals surface area contributed by atoms with Gasteiger partial charge in [0.2, 0.25) is 17.7 Å². The lowest BCUT2D eigenvalue weighted by atomic mass is 10.0. The molecule has 0 aromatic carbocycles. The van der Waals surface area contributed by atoms with Crippen LogP contribution in [0.2, 0.25) is 0 Å². The lowest BCUT2D eigenvalue weighted by Crippen LogP contribution is -2.55. The van der Waals surface area contributed by atoms with Crippen LogP contribution >= 0.6 is 0 Å². The number of nitrogens with one attached hydrogen (secondary N) is 3. The molecule has 0 fully saturated rings. The minimum Gasteiger partial charge on any atom is -0.483 e. The largest absolute Gasteiger partial charge is 0.483 e. The third kappa shape index (κ3) is 39.4. The van der Waals surface area contributed by atoms with Gasteiger partial charge in [-0.3, -0.25) is 28.8 Å². The van der Waals surface area contributed by atoms with Gasteiger partial charge in [0, 0.05) is 31.8 Å². The van der Waals surface area contributed by atoms with Gasteiger partial charge in [0.05, 0.1) is 19.8 Å². The zero-order chi connectivity index (χ0) is 38.3. The number of ether oxygens (including phenoxy) is 2. The molecule has 0 bridgehead atoms. The minimum atomic E-state index is -1.06. The highest BCUT2D eigenvalue weighted by atomic mass is 16.5. The number of carboxylic acid groups (broad SMARTS) is 2. The minimum absolute atomic E-state index is 0.0395. The molecule has 0 aromatic heterocycles. The predicted molar refractivity (Wildman–Crippen MR) is 196 cm³/mol. The van der Waals surface area contributed by atoms with Crippen molar-refractivity contribution in [1.82, 2.24) is 16.0 Å². The van der Waals surface area contributed by atoms with Gasteiger partial charge < -0.3 is 35.6 Å². The van der Waals surface area contributed by atoms with Crippen molar-refractivity contribution in [3.63, 3.8) is 0 Å². The Morgan fingerprint density at radius 1 is 0.620 bits per heavy atom. The highest BCUT2D eigenvalue weighted by molar-refractivity contribution is 5.90. The summed E-state index contributed by atoms with van der Waals surface area (Å²) in [7, 11) is 0. The summed E-state index contributed by atoms with van der Waals surface area (Å²) in [6, 6.07) is 0. The number of carbonyl (C=O) groups excluding carboxylic acids is 4. The number of ketones is 1. The van der Waals surface area contributed by atoms with E-state index in [0.29, 0.717) is 45.8 Å². The number of amides is 3. The van der Waals surface area contributed by atoms with Gasteiger partial charge >= 0.3 is 0 Å². The molecule has 0 aliphatic rings. The molecule has 0 unspecified atom stereocenters. The van der Waals surface area contributed by atoms with Gasteiger partial charge in [0.25, 0.3) is 12.9 Å². The summed E-state index contributed by atoms with van der Waals surface area (Å²) in [4.78, 5) is 65.1. The van der Waals surface area contributed by atoms with E-state index in [2.05, 4.69) is 22.9 Å². The smallest absolute Gasteiger partial charge is 0.290 e. The quantitative estimate of drug-likeness (QED) is 0.0431. The van der Waals surface area contributed by atoms with Crippen LogP contribution < -0.4 is 16.0 Å². The number of hydrogen-bond donors (Lipinski definition) is 5. The highest BCUT2D eigenvalue weighted by Crippen LogP contribution is 2.13. The highest BCUT2D eigenvalue weighted by Gasteiger charge is 2.28. The van der Waals surface area contributed by atoms with Crippen LogP contribution in [0.5, 0.6) is 0 Å². The molecule has 0 aliphatic carbocycles. The second kappa shape index (κ2) is 38.7. The van der Waals surface area contributed by atoms with E-state index in [1.165, 1.54) is 83.5 Å². The van der Waals surface area contributed by atoms with Gasteiger partial charge in [0.15, 0.2) is 5.78 Å². The molecular formula is C37H71N3O10. The van der Waals surface area contributed by atoms with Crippen molar-refractivity contribution in [3.05, 3.63) is 0 Å². The number of hydrogen-bond acceptors (Lipinski definition) is 8. The Balaban J connectivity index is -0.00000341. The van der Waals surface area contributed by atoms with Crippen LogP contribution in [-0.2, 0) is 38.2 Å². The first-order valence-corrected chi connectivity index (χ1v) is 18.6. The molecule has 0 aliphatic heterocycles. The molecule has 3 amide bonds. The van der Waals surface area contributed by atoms with E-state index in [0.717, 1.165) is 12.8 Å². The molecule has 0 atom stereocenters. The molecule has 294 valence electrons. The van der Waals surface area contributed by atoms with Crippen molar-refractivity contribution in [1.29, 1.82) is 0 Å². The zero-order valence-corrected chi connectivity index (χ0v) is 31.9. The second-order valence-corrected chi connectivity index (χ2v) is 13.1. The van der Waals surface area contributed by atoms with Crippen molar-refractivity contribution in [2.45, 2.75) is 156 Å². The van der Waals surface area contributed by atoms with Crippen LogP contribution in [0.3, 0.4) is 0 Å². The van der Waals surface area contributed by atoms with Crippen LogP contribution in [0.25, 0.3) is 0 Å². The summed E-state index contributed by atoms with van der Waals surface area (Å²) in [5.74, 6) is -0.486. The summed E-state index contributed by atoms with van der Waals surface area (Å²) < 4.78 is 10.7. The van der Waals surface area contributed by atoms with Gasteiger partial charge in [0.1, 0.15) is 12.1 Å². The second-order valence-electron chi connectivity index (χ2n) is 13.1. The van der Waals surface area contributed by atoms with Crippen LogP contribution in [0.15, 0.2) is 0 Å². The molecule has 13 nitrogen and oxygen atoms in total. The van der Waals surface area contributed by atoms with Crippen LogP contribution in [0, 0.1) is 5.92 Å². The fraction of sp³-hybridized carbons (Fsp3) is 0.838. The van der Waals surface area contributed by atoms with Crippen LogP contribution in [0.4, 0.5) is 0 Å². The third-order valence-electron chi connectivity index (χ3n) is 7.72. The van der Waals surface area contributed by atoms with Gasteiger partial charge in [-0.2, -0.15) is 0 Å². The van der Waals surface area contributed by atoms with E-state index in [4.69, 9.17) is 29.3 Å². The Morgan fingerprint density at radius 2 is 1.06 bits per heavy atom. The normalized spacial score (nSPS) is 10.6. The van der Waals surface area contributed by atoms with Gasteiger partial charge in [-0.1, -0.05) is 111 Å². The molecule has 0 saturated heterocycles. The maximum absolute atomic E-state index is 12.5. The summed E-state index contributed by atoms with van der Waals surface area (Å²) in [6.07, 6.45) is 20.8. The number of carbonyl (C=O) groups is 6. The Bertz CT molecular complexity index is 847. The van der Waals surface area contributed by atoms with E-state index < -0.39 is 5.54 Å². The van der Waals surface area contributed by atoms with E-state index in [1.807, 2.05) is 13.8 Å². The number of Topliss-reactive ketones (excluding diaryl/α,β-unsaturated/α-hetero) is 1. The average Bonchev–Trinajstić information content (AvgIpc) is 3.06. The fourth-order valence-corrected chi connectivity index (χ4v) is 4.71. The van der Waals surface area contributed by atoms with Crippen molar-refractivity contribution in [2.75, 3.05) is 39.5 Å². The molecule has 13 heteroatoms. The number of rotatable bonds is 31. The Labute approximate surface area is 301 Å². The van der Waals surface area contributed by atoms with E-state index in [9.17, 15) is 19.2 Å². The van der Waals surface area contributed by atoms with Crippen LogP contribution in [0.1, 0.15) is 150 Å². The molecule has 0 saturated carbocycles. The van der Waals surface area contributed by atoms with Gasteiger partial charge in [-0.05, 0) is 26.7 Å². The molecule has 0 spiro atoms. The molecule has 5 N–H and O–H groups in total. The predicted octanol–water partition coefficient (Wildman–Crippen LogP) is 5.82. The first-order chi connectivity index (χ1) is 23.9.